The zero-order valence-electron chi connectivity index (χ0n) is 14.2. The predicted molar refractivity (Wildman–Crippen MR) is 101 cm³/mol. The van der Waals surface area contributed by atoms with Crippen LogP contribution in [0.25, 0.3) is 0 Å². The Morgan fingerprint density at radius 1 is 1.29 bits per heavy atom. The molecule has 1 aliphatic rings. The summed E-state index contributed by atoms with van der Waals surface area (Å²) in [6, 6.07) is 0.603. The van der Waals surface area contributed by atoms with Crippen LogP contribution in [0.1, 0.15) is 40.0 Å². The molecular weight excluding hydrogens is 379 g/mol. The summed E-state index contributed by atoms with van der Waals surface area (Å²) < 4.78 is 5.41. The number of rotatable bonds is 7. The van der Waals surface area contributed by atoms with Crippen LogP contribution >= 0.6 is 24.0 Å². The van der Waals surface area contributed by atoms with Crippen LogP contribution in [-0.2, 0) is 4.74 Å². The molecule has 1 saturated heterocycles. The lowest BCUT2D eigenvalue weighted by atomic mass is 10.1. The highest BCUT2D eigenvalue weighted by atomic mass is 127. The van der Waals surface area contributed by atoms with Gasteiger partial charge in [0.05, 0.1) is 5.60 Å². The molecule has 0 amide bonds. The third-order valence-corrected chi connectivity index (χ3v) is 4.09. The molecule has 1 heterocycles. The quantitative estimate of drug-likeness (QED) is 0.382. The first-order chi connectivity index (χ1) is 9.52. The zero-order valence-corrected chi connectivity index (χ0v) is 16.6. The molecule has 1 fully saturated rings. The molecule has 21 heavy (non-hydrogen) atoms. The molecule has 6 heteroatoms. The van der Waals surface area contributed by atoms with Gasteiger partial charge in [0.2, 0.25) is 0 Å². The molecule has 0 aromatic carbocycles. The van der Waals surface area contributed by atoms with Crippen LogP contribution < -0.4 is 10.6 Å². The van der Waals surface area contributed by atoms with Crippen molar-refractivity contribution in [2.45, 2.75) is 51.7 Å². The number of aliphatic imine (C=N–C) groups is 1. The SMILES string of the molecule is CCC(CNC(=NC)NCC(C)(C)OC)N1CCCC1.I. The minimum absolute atomic E-state index is 0. The Labute approximate surface area is 147 Å². The standard InChI is InChI=1S/C15H32N4O.HI/c1-6-13(19-9-7-8-10-19)11-17-14(16-4)18-12-15(2,3)20-5;/h13H,6-12H2,1-5H3,(H2,16,17,18);1H. The van der Waals surface area contributed by atoms with Crippen molar-refractivity contribution in [1.29, 1.82) is 0 Å². The molecule has 1 unspecified atom stereocenters. The van der Waals surface area contributed by atoms with Gasteiger partial charge in [-0.15, -0.1) is 24.0 Å². The zero-order chi connectivity index (χ0) is 15.0. The molecule has 0 aromatic rings. The van der Waals surface area contributed by atoms with E-state index in [1.54, 1.807) is 7.11 Å². The number of nitrogens with zero attached hydrogens (tertiary/aromatic N) is 2. The summed E-state index contributed by atoms with van der Waals surface area (Å²) >= 11 is 0. The van der Waals surface area contributed by atoms with Crippen LogP contribution in [0.3, 0.4) is 0 Å². The lowest BCUT2D eigenvalue weighted by Gasteiger charge is -2.28. The molecule has 0 aromatic heterocycles. The summed E-state index contributed by atoms with van der Waals surface area (Å²) in [5.74, 6) is 0.854. The largest absolute Gasteiger partial charge is 0.377 e. The molecule has 1 aliphatic heterocycles. The van der Waals surface area contributed by atoms with Crippen molar-refractivity contribution in [3.63, 3.8) is 0 Å². The third-order valence-electron chi connectivity index (χ3n) is 4.09. The van der Waals surface area contributed by atoms with Gasteiger partial charge in [0.15, 0.2) is 5.96 Å². The summed E-state index contributed by atoms with van der Waals surface area (Å²) in [5.41, 5.74) is -0.184. The normalized spacial score (nSPS) is 18.2. The van der Waals surface area contributed by atoms with Crippen molar-refractivity contribution in [3.8, 4) is 0 Å². The third kappa shape index (κ3) is 7.65. The van der Waals surface area contributed by atoms with Gasteiger partial charge in [-0.1, -0.05) is 6.92 Å². The van der Waals surface area contributed by atoms with E-state index in [0.717, 1.165) is 19.0 Å². The van der Waals surface area contributed by atoms with Crippen molar-refractivity contribution in [3.05, 3.63) is 0 Å². The van der Waals surface area contributed by atoms with Gasteiger partial charge in [0, 0.05) is 33.3 Å². The Morgan fingerprint density at radius 3 is 2.38 bits per heavy atom. The second kappa shape index (κ2) is 10.6. The van der Waals surface area contributed by atoms with Gasteiger partial charge in [-0.2, -0.15) is 0 Å². The molecule has 126 valence electrons. The van der Waals surface area contributed by atoms with E-state index in [4.69, 9.17) is 4.74 Å². The summed E-state index contributed by atoms with van der Waals surface area (Å²) in [6.07, 6.45) is 3.85. The Bertz CT molecular complexity index is 304. The molecule has 2 N–H and O–H groups in total. The maximum absolute atomic E-state index is 5.41. The number of hydrogen-bond donors (Lipinski definition) is 2. The number of likely N-dealkylation sites (tertiary alicyclic amines) is 1. The Hall–Kier alpha value is -0.0800. The highest BCUT2D eigenvalue weighted by Gasteiger charge is 2.21. The summed E-state index contributed by atoms with van der Waals surface area (Å²) in [4.78, 5) is 6.86. The second-order valence-corrected chi connectivity index (χ2v) is 6.08. The Balaban J connectivity index is 0.00000400. The summed E-state index contributed by atoms with van der Waals surface area (Å²) in [7, 11) is 3.55. The van der Waals surface area contributed by atoms with Gasteiger partial charge >= 0.3 is 0 Å². The lowest BCUT2D eigenvalue weighted by molar-refractivity contribution is 0.0268. The van der Waals surface area contributed by atoms with Crippen molar-refractivity contribution in [1.82, 2.24) is 15.5 Å². The minimum Gasteiger partial charge on any atom is -0.377 e. The molecule has 5 nitrogen and oxygen atoms in total. The van der Waals surface area contributed by atoms with Gasteiger partial charge in [0.25, 0.3) is 0 Å². The fourth-order valence-electron chi connectivity index (χ4n) is 2.44. The van der Waals surface area contributed by atoms with Crippen molar-refractivity contribution < 1.29 is 4.74 Å². The van der Waals surface area contributed by atoms with Gasteiger partial charge < -0.3 is 15.4 Å². The van der Waals surface area contributed by atoms with E-state index in [1.165, 1.54) is 32.4 Å². The fraction of sp³-hybridized carbons (Fsp3) is 0.933. The molecule has 0 bridgehead atoms. The van der Waals surface area contributed by atoms with E-state index >= 15 is 0 Å². The van der Waals surface area contributed by atoms with E-state index in [9.17, 15) is 0 Å². The van der Waals surface area contributed by atoms with Gasteiger partial charge in [-0.05, 0) is 46.2 Å². The number of guanidine groups is 1. The molecular formula is C15H33IN4O. The summed E-state index contributed by atoms with van der Waals surface area (Å²) in [5, 5.41) is 6.76. The van der Waals surface area contributed by atoms with Crippen molar-refractivity contribution >= 4 is 29.9 Å². The number of hydrogen-bond acceptors (Lipinski definition) is 3. The van der Waals surface area contributed by atoms with Crippen molar-refractivity contribution in [2.75, 3.05) is 40.3 Å². The van der Waals surface area contributed by atoms with E-state index in [2.05, 4.69) is 41.3 Å². The first-order valence-electron chi connectivity index (χ1n) is 7.76. The molecule has 0 radical (unpaired) electrons. The molecule has 1 atom stereocenters. The van der Waals surface area contributed by atoms with Crippen molar-refractivity contribution in [2.24, 2.45) is 4.99 Å². The van der Waals surface area contributed by atoms with E-state index < -0.39 is 0 Å². The Morgan fingerprint density at radius 2 is 1.90 bits per heavy atom. The molecule has 0 aliphatic carbocycles. The number of halogens is 1. The lowest BCUT2D eigenvalue weighted by Crippen LogP contribution is -2.49. The van der Waals surface area contributed by atoms with Crippen LogP contribution in [0.4, 0.5) is 0 Å². The van der Waals surface area contributed by atoms with Crippen LogP contribution in [0.15, 0.2) is 4.99 Å². The maximum atomic E-state index is 5.41. The van der Waals surface area contributed by atoms with Gasteiger partial charge in [-0.3, -0.25) is 9.89 Å². The Kier molecular flexibility index (Phi) is 10.6. The first-order valence-corrected chi connectivity index (χ1v) is 7.76. The molecule has 0 spiro atoms. The second-order valence-electron chi connectivity index (χ2n) is 6.08. The van der Waals surface area contributed by atoms with Gasteiger partial charge in [-0.25, -0.2) is 0 Å². The predicted octanol–water partition coefficient (Wildman–Crippen LogP) is 2.07. The highest BCUT2D eigenvalue weighted by Crippen LogP contribution is 2.13. The number of methoxy groups -OCH3 is 1. The van der Waals surface area contributed by atoms with Crippen LogP contribution in [0.5, 0.6) is 0 Å². The average Bonchev–Trinajstić information content (AvgIpc) is 2.97. The molecule has 1 rings (SSSR count). The van der Waals surface area contributed by atoms with Crippen LogP contribution in [-0.4, -0.2) is 62.8 Å². The summed E-state index contributed by atoms with van der Waals surface area (Å²) in [6.45, 7) is 10.5. The van der Waals surface area contributed by atoms with E-state index in [1.807, 2.05) is 7.05 Å². The van der Waals surface area contributed by atoms with E-state index in [0.29, 0.717) is 6.04 Å². The van der Waals surface area contributed by atoms with Gasteiger partial charge in [0.1, 0.15) is 0 Å². The monoisotopic (exact) mass is 412 g/mol. The molecule has 0 saturated carbocycles. The average molecular weight is 412 g/mol. The fourth-order valence-corrected chi connectivity index (χ4v) is 2.44. The van der Waals surface area contributed by atoms with Crippen LogP contribution in [0.2, 0.25) is 0 Å². The minimum atomic E-state index is -0.184. The topological polar surface area (TPSA) is 48.9 Å². The van der Waals surface area contributed by atoms with E-state index in [-0.39, 0.29) is 29.6 Å². The smallest absolute Gasteiger partial charge is 0.191 e. The number of nitrogens with one attached hydrogen (secondary N) is 2. The van der Waals surface area contributed by atoms with Crippen LogP contribution in [0, 0.1) is 0 Å². The number of ether oxygens (including phenoxy) is 1. The first kappa shape index (κ1) is 20.9. The maximum Gasteiger partial charge on any atom is 0.191 e. The highest BCUT2D eigenvalue weighted by molar-refractivity contribution is 14.0.